The topological polar surface area (TPSA) is 63.8 Å². The average molecular weight is 294 g/mol. The molecule has 2 rings (SSSR count). The van der Waals surface area contributed by atoms with Crippen molar-refractivity contribution in [2.24, 2.45) is 5.73 Å². The van der Waals surface area contributed by atoms with Crippen LogP contribution in [0.2, 0.25) is 5.02 Å². The van der Waals surface area contributed by atoms with Gasteiger partial charge >= 0.3 is 0 Å². The molecule has 108 valence electrons. The first-order valence-electron chi connectivity index (χ1n) is 6.84. The van der Waals surface area contributed by atoms with Crippen molar-refractivity contribution in [2.45, 2.75) is 32.6 Å². The van der Waals surface area contributed by atoms with Gasteiger partial charge in [-0.2, -0.15) is 0 Å². The van der Waals surface area contributed by atoms with E-state index < -0.39 is 0 Å². The second kappa shape index (κ2) is 6.29. The monoisotopic (exact) mass is 293 g/mol. The zero-order valence-electron chi connectivity index (χ0n) is 11.8. The van der Waals surface area contributed by atoms with Gasteiger partial charge in [0, 0.05) is 16.3 Å². The van der Waals surface area contributed by atoms with Crippen LogP contribution in [0.5, 0.6) is 0 Å². The number of hydrogen-bond donors (Lipinski definition) is 2. The van der Waals surface area contributed by atoms with Gasteiger partial charge < -0.3 is 5.73 Å². The third kappa shape index (κ3) is 2.97. The summed E-state index contributed by atoms with van der Waals surface area (Å²) in [5, 5.41) is 3.87. The Labute approximate surface area is 123 Å². The fourth-order valence-electron chi connectivity index (χ4n) is 2.26. The molecule has 0 bridgehead atoms. The summed E-state index contributed by atoms with van der Waals surface area (Å²) in [5.41, 5.74) is 8.17. The third-order valence-corrected chi connectivity index (χ3v) is 3.56. The van der Waals surface area contributed by atoms with E-state index in [2.05, 4.69) is 18.9 Å². The number of benzene rings is 1. The van der Waals surface area contributed by atoms with Crippen molar-refractivity contribution in [3.8, 4) is 5.69 Å². The van der Waals surface area contributed by atoms with Crippen LogP contribution in [0.1, 0.15) is 37.4 Å². The molecule has 0 amide bonds. The lowest BCUT2D eigenvalue weighted by Gasteiger charge is -2.05. The third-order valence-electron chi connectivity index (χ3n) is 3.31. The van der Waals surface area contributed by atoms with E-state index in [1.165, 1.54) is 0 Å². The van der Waals surface area contributed by atoms with Crippen LogP contribution in [0.4, 0.5) is 0 Å². The summed E-state index contributed by atoms with van der Waals surface area (Å²) in [4.78, 5) is 12.5. The van der Waals surface area contributed by atoms with Crippen molar-refractivity contribution in [3.63, 3.8) is 0 Å². The Hall–Kier alpha value is -1.52. The van der Waals surface area contributed by atoms with Gasteiger partial charge in [0.2, 0.25) is 0 Å². The number of halogens is 1. The van der Waals surface area contributed by atoms with Crippen LogP contribution in [0.25, 0.3) is 5.69 Å². The summed E-state index contributed by atoms with van der Waals surface area (Å²) in [7, 11) is 0. The van der Waals surface area contributed by atoms with Crippen LogP contribution in [0.15, 0.2) is 29.1 Å². The first-order chi connectivity index (χ1) is 9.54. The smallest absolute Gasteiger partial charge is 0.274 e. The van der Waals surface area contributed by atoms with Gasteiger partial charge in [-0.15, -0.1) is 0 Å². The fraction of sp³-hybridized carbons (Fsp3) is 0.400. The van der Waals surface area contributed by atoms with Crippen molar-refractivity contribution in [1.29, 1.82) is 0 Å². The zero-order chi connectivity index (χ0) is 14.7. The summed E-state index contributed by atoms with van der Waals surface area (Å²) in [6, 6.07) is 7.21. The van der Waals surface area contributed by atoms with E-state index in [4.69, 9.17) is 17.3 Å². The Morgan fingerprint density at radius 1 is 1.30 bits per heavy atom. The molecule has 0 aliphatic carbocycles. The summed E-state index contributed by atoms with van der Waals surface area (Å²) in [5.74, 6) is 0.268. The standard InChI is InChI=1S/C15H20ClN3O/c1-10(2)14-13(4-3-9-17)15(20)19(18-14)12-7-5-11(16)6-8-12/h5-8,10,18H,3-4,9,17H2,1-2H3. The van der Waals surface area contributed by atoms with Gasteiger partial charge in [0.15, 0.2) is 0 Å². The summed E-state index contributed by atoms with van der Waals surface area (Å²) < 4.78 is 1.58. The molecule has 0 atom stereocenters. The molecule has 0 radical (unpaired) electrons. The molecule has 1 heterocycles. The van der Waals surface area contributed by atoms with Crippen LogP contribution >= 0.6 is 11.6 Å². The Morgan fingerprint density at radius 2 is 1.95 bits per heavy atom. The van der Waals surface area contributed by atoms with Crippen LogP contribution in [0, 0.1) is 0 Å². The number of hydrogen-bond acceptors (Lipinski definition) is 2. The highest BCUT2D eigenvalue weighted by atomic mass is 35.5. The quantitative estimate of drug-likeness (QED) is 0.890. The van der Waals surface area contributed by atoms with E-state index >= 15 is 0 Å². The molecule has 0 aliphatic heterocycles. The number of aromatic nitrogens is 2. The zero-order valence-corrected chi connectivity index (χ0v) is 12.6. The molecule has 20 heavy (non-hydrogen) atoms. The van der Waals surface area contributed by atoms with Crippen LogP contribution < -0.4 is 11.3 Å². The number of aromatic amines is 1. The molecule has 1 aromatic carbocycles. The predicted molar refractivity (Wildman–Crippen MR) is 82.9 cm³/mol. The molecule has 0 saturated heterocycles. The van der Waals surface area contributed by atoms with Gasteiger partial charge in [0.05, 0.1) is 5.69 Å². The lowest BCUT2D eigenvalue weighted by atomic mass is 10.0. The van der Waals surface area contributed by atoms with Crippen molar-refractivity contribution >= 4 is 11.6 Å². The number of nitrogens with one attached hydrogen (secondary N) is 1. The second-order valence-corrected chi connectivity index (χ2v) is 5.60. The van der Waals surface area contributed by atoms with E-state index in [0.717, 1.165) is 23.4 Å². The first kappa shape index (κ1) is 14.9. The van der Waals surface area contributed by atoms with E-state index in [-0.39, 0.29) is 11.5 Å². The van der Waals surface area contributed by atoms with Gasteiger partial charge in [0.1, 0.15) is 0 Å². The normalized spacial score (nSPS) is 11.2. The van der Waals surface area contributed by atoms with E-state index in [9.17, 15) is 4.79 Å². The number of H-pyrrole nitrogens is 1. The van der Waals surface area contributed by atoms with Crippen LogP contribution in [-0.4, -0.2) is 16.3 Å². The SMILES string of the molecule is CC(C)c1[nH]n(-c2ccc(Cl)cc2)c(=O)c1CCCN. The molecule has 0 aliphatic rings. The van der Waals surface area contributed by atoms with Crippen LogP contribution in [-0.2, 0) is 6.42 Å². The number of rotatable bonds is 5. The molecular formula is C15H20ClN3O. The van der Waals surface area contributed by atoms with Gasteiger partial charge in [-0.1, -0.05) is 25.4 Å². The van der Waals surface area contributed by atoms with Crippen molar-refractivity contribution in [2.75, 3.05) is 6.54 Å². The van der Waals surface area contributed by atoms with E-state index in [1.54, 1.807) is 16.8 Å². The Morgan fingerprint density at radius 3 is 2.50 bits per heavy atom. The first-order valence-corrected chi connectivity index (χ1v) is 7.22. The molecule has 0 spiro atoms. The molecule has 1 aromatic heterocycles. The van der Waals surface area contributed by atoms with E-state index in [1.807, 2.05) is 12.1 Å². The maximum atomic E-state index is 12.5. The second-order valence-electron chi connectivity index (χ2n) is 5.17. The van der Waals surface area contributed by atoms with E-state index in [0.29, 0.717) is 18.0 Å². The molecular weight excluding hydrogens is 274 g/mol. The minimum atomic E-state index is 0.00414. The van der Waals surface area contributed by atoms with Gasteiger partial charge in [-0.25, -0.2) is 4.68 Å². The highest BCUT2D eigenvalue weighted by molar-refractivity contribution is 6.30. The Bertz CT molecular complexity index is 626. The largest absolute Gasteiger partial charge is 0.330 e. The maximum absolute atomic E-state index is 12.5. The Kier molecular flexibility index (Phi) is 4.68. The minimum absolute atomic E-state index is 0.00414. The molecule has 5 heteroatoms. The van der Waals surface area contributed by atoms with Gasteiger partial charge in [0.25, 0.3) is 5.56 Å². The molecule has 0 unspecified atom stereocenters. The summed E-state index contributed by atoms with van der Waals surface area (Å²) in [6.07, 6.45) is 1.52. The minimum Gasteiger partial charge on any atom is -0.330 e. The lowest BCUT2D eigenvalue weighted by molar-refractivity contribution is 0.751. The molecule has 4 nitrogen and oxygen atoms in total. The number of nitrogens with two attached hydrogens (primary N) is 1. The van der Waals surface area contributed by atoms with Crippen molar-refractivity contribution in [3.05, 3.63) is 50.9 Å². The molecule has 0 fully saturated rings. The number of nitrogens with zero attached hydrogens (tertiary/aromatic N) is 1. The highest BCUT2D eigenvalue weighted by Gasteiger charge is 2.16. The fourth-order valence-corrected chi connectivity index (χ4v) is 2.38. The molecule has 2 aromatic rings. The lowest BCUT2D eigenvalue weighted by Crippen LogP contribution is -2.18. The van der Waals surface area contributed by atoms with Gasteiger partial charge in [-0.3, -0.25) is 9.89 Å². The van der Waals surface area contributed by atoms with Gasteiger partial charge in [-0.05, 0) is 49.6 Å². The predicted octanol–water partition coefficient (Wildman–Crippen LogP) is 2.83. The summed E-state index contributed by atoms with van der Waals surface area (Å²) >= 11 is 5.88. The van der Waals surface area contributed by atoms with Crippen molar-refractivity contribution < 1.29 is 0 Å². The highest BCUT2D eigenvalue weighted by Crippen LogP contribution is 2.18. The Balaban J connectivity index is 2.49. The maximum Gasteiger partial charge on any atom is 0.274 e. The molecule has 3 N–H and O–H groups in total. The summed E-state index contributed by atoms with van der Waals surface area (Å²) in [6.45, 7) is 4.73. The van der Waals surface area contributed by atoms with Crippen molar-refractivity contribution in [1.82, 2.24) is 9.78 Å². The average Bonchev–Trinajstić information content (AvgIpc) is 2.75. The van der Waals surface area contributed by atoms with Crippen LogP contribution in [0.3, 0.4) is 0 Å². The molecule has 0 saturated carbocycles.